The van der Waals surface area contributed by atoms with Gasteiger partial charge in [-0.15, -0.1) is 10.2 Å². The summed E-state index contributed by atoms with van der Waals surface area (Å²) in [6, 6.07) is 3.54. The van der Waals surface area contributed by atoms with Crippen molar-refractivity contribution in [3.05, 3.63) is 23.4 Å². The van der Waals surface area contributed by atoms with Crippen LogP contribution in [0, 0.1) is 0 Å². The van der Waals surface area contributed by atoms with E-state index < -0.39 is 0 Å². The summed E-state index contributed by atoms with van der Waals surface area (Å²) in [7, 11) is 1.56. The zero-order valence-corrected chi connectivity index (χ0v) is 11.5. The molecule has 0 saturated carbocycles. The van der Waals surface area contributed by atoms with Crippen LogP contribution in [0.2, 0.25) is 0 Å². The van der Waals surface area contributed by atoms with E-state index in [0.29, 0.717) is 23.2 Å². The number of ether oxygens (including phenoxy) is 1. The third-order valence-electron chi connectivity index (χ3n) is 3.54. The van der Waals surface area contributed by atoms with E-state index in [1.165, 1.54) is 6.42 Å². The fourth-order valence-corrected chi connectivity index (χ4v) is 2.46. The Morgan fingerprint density at radius 1 is 1.05 bits per heavy atom. The summed E-state index contributed by atoms with van der Waals surface area (Å²) in [5.41, 5.74) is 8.86. The highest BCUT2D eigenvalue weighted by atomic mass is 16.5. The molecule has 0 atom stereocenters. The first-order valence-corrected chi connectivity index (χ1v) is 6.81. The third-order valence-corrected chi connectivity index (χ3v) is 3.54. The van der Waals surface area contributed by atoms with Gasteiger partial charge >= 0.3 is 0 Å². The summed E-state index contributed by atoms with van der Waals surface area (Å²) in [6.07, 6.45) is 5.45. The molecule has 3 rings (SSSR count). The normalized spacial score (nSPS) is 14.4. The molecule has 0 radical (unpaired) electrons. The average molecular weight is 271 g/mol. The molecule has 2 heterocycles. The molecule has 0 unspecified atom stereocenters. The summed E-state index contributed by atoms with van der Waals surface area (Å²) in [6.45, 7) is 0. The zero-order chi connectivity index (χ0) is 13.9. The first-order valence-electron chi connectivity index (χ1n) is 6.81. The Morgan fingerprint density at radius 3 is 2.65 bits per heavy atom. The van der Waals surface area contributed by atoms with E-state index in [9.17, 15) is 0 Å². The number of nitrogen functional groups attached to an aromatic ring is 1. The third kappa shape index (κ3) is 2.41. The van der Waals surface area contributed by atoms with Crippen LogP contribution >= 0.6 is 0 Å². The quantitative estimate of drug-likeness (QED) is 0.838. The second-order valence-electron chi connectivity index (χ2n) is 4.88. The summed E-state index contributed by atoms with van der Waals surface area (Å²) < 4.78 is 5.00. The van der Waals surface area contributed by atoms with Crippen LogP contribution in [0.1, 0.15) is 30.5 Å². The van der Waals surface area contributed by atoms with Crippen molar-refractivity contribution >= 4 is 5.82 Å². The summed E-state index contributed by atoms with van der Waals surface area (Å²) in [5.74, 6) is 1.58. The minimum Gasteiger partial charge on any atom is -0.480 e. The predicted octanol–water partition coefficient (Wildman–Crippen LogP) is 1.79. The summed E-state index contributed by atoms with van der Waals surface area (Å²) >= 11 is 0. The van der Waals surface area contributed by atoms with Crippen LogP contribution in [0.4, 0.5) is 5.82 Å². The van der Waals surface area contributed by atoms with Crippen molar-refractivity contribution in [1.82, 2.24) is 20.2 Å². The molecule has 1 aliphatic carbocycles. The van der Waals surface area contributed by atoms with Crippen molar-refractivity contribution in [2.24, 2.45) is 0 Å². The minimum atomic E-state index is 0.469. The van der Waals surface area contributed by atoms with E-state index in [4.69, 9.17) is 10.5 Å². The monoisotopic (exact) mass is 271 g/mol. The van der Waals surface area contributed by atoms with Crippen LogP contribution in [-0.4, -0.2) is 27.3 Å². The maximum atomic E-state index is 6.08. The number of nitrogens with two attached hydrogens (primary N) is 1. The SMILES string of the molecule is COc1ccc(-c2nc(N)c3c(n2)CCCCC3)nn1. The molecule has 1 aliphatic rings. The standard InChI is InChI=1S/C14H17N5O/c1-20-12-8-7-11(18-19-12)14-16-10-6-4-2-3-5-9(10)13(15)17-14/h7-8H,2-6H2,1H3,(H2,15,16,17). The zero-order valence-electron chi connectivity index (χ0n) is 11.5. The predicted molar refractivity (Wildman–Crippen MR) is 75.3 cm³/mol. The van der Waals surface area contributed by atoms with Crippen LogP contribution in [0.25, 0.3) is 11.5 Å². The maximum absolute atomic E-state index is 6.08. The Labute approximate surface area is 117 Å². The summed E-state index contributed by atoms with van der Waals surface area (Å²) in [5, 5.41) is 8.02. The fourth-order valence-electron chi connectivity index (χ4n) is 2.46. The number of rotatable bonds is 2. The van der Waals surface area contributed by atoms with E-state index in [1.807, 2.05) is 0 Å². The van der Waals surface area contributed by atoms with Crippen LogP contribution in [0.15, 0.2) is 12.1 Å². The molecule has 0 bridgehead atoms. The van der Waals surface area contributed by atoms with Crippen molar-refractivity contribution in [1.29, 1.82) is 0 Å². The topological polar surface area (TPSA) is 86.8 Å². The maximum Gasteiger partial charge on any atom is 0.233 e. The molecule has 6 heteroatoms. The Balaban J connectivity index is 2.01. The molecule has 0 amide bonds. The number of aryl methyl sites for hydroxylation is 1. The molecular formula is C14H17N5O. The van der Waals surface area contributed by atoms with Crippen LogP contribution in [0.3, 0.4) is 0 Å². The molecular weight excluding hydrogens is 254 g/mol. The van der Waals surface area contributed by atoms with Gasteiger partial charge in [-0.05, 0) is 31.7 Å². The average Bonchev–Trinajstić information content (AvgIpc) is 2.73. The van der Waals surface area contributed by atoms with Gasteiger partial charge in [0.1, 0.15) is 11.5 Å². The van der Waals surface area contributed by atoms with Gasteiger partial charge in [0.25, 0.3) is 0 Å². The Bertz CT molecular complexity index is 612. The van der Waals surface area contributed by atoms with E-state index in [1.54, 1.807) is 19.2 Å². The van der Waals surface area contributed by atoms with E-state index in [-0.39, 0.29) is 0 Å². The molecule has 20 heavy (non-hydrogen) atoms. The number of anilines is 1. The smallest absolute Gasteiger partial charge is 0.233 e. The summed E-state index contributed by atoms with van der Waals surface area (Å²) in [4.78, 5) is 9.00. The van der Waals surface area contributed by atoms with Gasteiger partial charge in [0, 0.05) is 17.3 Å². The second kappa shape index (κ2) is 5.40. The first-order chi connectivity index (χ1) is 9.78. The van der Waals surface area contributed by atoms with E-state index in [0.717, 1.165) is 36.9 Å². The molecule has 0 saturated heterocycles. The van der Waals surface area contributed by atoms with Crippen LogP contribution in [-0.2, 0) is 12.8 Å². The lowest BCUT2D eigenvalue weighted by atomic mass is 10.1. The number of nitrogens with zero attached hydrogens (tertiary/aromatic N) is 4. The number of hydrogen-bond acceptors (Lipinski definition) is 6. The van der Waals surface area contributed by atoms with E-state index >= 15 is 0 Å². The molecule has 0 aromatic carbocycles. The lowest BCUT2D eigenvalue weighted by Crippen LogP contribution is -2.07. The highest BCUT2D eigenvalue weighted by molar-refractivity contribution is 5.55. The van der Waals surface area contributed by atoms with Gasteiger partial charge in [-0.3, -0.25) is 0 Å². The Morgan fingerprint density at radius 2 is 1.90 bits per heavy atom. The van der Waals surface area contributed by atoms with Crippen LogP contribution < -0.4 is 10.5 Å². The van der Waals surface area contributed by atoms with Gasteiger partial charge < -0.3 is 10.5 Å². The number of methoxy groups -OCH3 is 1. The lowest BCUT2D eigenvalue weighted by Gasteiger charge is -2.09. The Kier molecular flexibility index (Phi) is 3.45. The van der Waals surface area contributed by atoms with Crippen molar-refractivity contribution < 1.29 is 4.74 Å². The first kappa shape index (κ1) is 12.8. The van der Waals surface area contributed by atoms with Gasteiger partial charge in [0.05, 0.1) is 7.11 Å². The molecule has 2 aromatic rings. The van der Waals surface area contributed by atoms with Crippen LogP contribution in [0.5, 0.6) is 5.88 Å². The molecule has 0 aliphatic heterocycles. The minimum absolute atomic E-state index is 0.469. The van der Waals surface area contributed by atoms with Gasteiger partial charge in [0.2, 0.25) is 5.88 Å². The highest BCUT2D eigenvalue weighted by Crippen LogP contribution is 2.25. The molecule has 2 aromatic heterocycles. The van der Waals surface area contributed by atoms with Crippen molar-refractivity contribution in [2.45, 2.75) is 32.1 Å². The van der Waals surface area contributed by atoms with Crippen molar-refractivity contribution in [3.8, 4) is 17.4 Å². The van der Waals surface area contributed by atoms with Gasteiger partial charge in [-0.2, -0.15) is 0 Å². The number of aromatic nitrogens is 4. The van der Waals surface area contributed by atoms with Gasteiger partial charge in [0.15, 0.2) is 5.82 Å². The lowest BCUT2D eigenvalue weighted by molar-refractivity contribution is 0.392. The Hall–Kier alpha value is -2.24. The second-order valence-corrected chi connectivity index (χ2v) is 4.88. The molecule has 0 spiro atoms. The van der Waals surface area contributed by atoms with Gasteiger partial charge in [-0.25, -0.2) is 9.97 Å². The van der Waals surface area contributed by atoms with Crippen molar-refractivity contribution in [3.63, 3.8) is 0 Å². The van der Waals surface area contributed by atoms with E-state index in [2.05, 4.69) is 20.2 Å². The van der Waals surface area contributed by atoms with Gasteiger partial charge in [-0.1, -0.05) is 6.42 Å². The highest BCUT2D eigenvalue weighted by Gasteiger charge is 2.16. The largest absolute Gasteiger partial charge is 0.480 e. The molecule has 104 valence electrons. The molecule has 2 N–H and O–H groups in total. The number of hydrogen-bond donors (Lipinski definition) is 1. The molecule has 0 fully saturated rings. The molecule has 6 nitrogen and oxygen atoms in total. The van der Waals surface area contributed by atoms with Crippen molar-refractivity contribution in [2.75, 3.05) is 12.8 Å². The fraction of sp³-hybridized carbons (Fsp3) is 0.429. The number of fused-ring (bicyclic) bond motifs is 1.